The number of hydrogen-bond acceptors (Lipinski definition) is 6. The molecule has 2 heterocycles. The maximum absolute atomic E-state index is 14.5. The molecule has 7 nitrogen and oxygen atoms in total. The summed E-state index contributed by atoms with van der Waals surface area (Å²) in [6.45, 7) is 10.9. The van der Waals surface area contributed by atoms with Gasteiger partial charge in [0, 0.05) is 23.5 Å². The molecular formula is C24H24FN5O2. The van der Waals surface area contributed by atoms with Crippen molar-refractivity contribution in [2.24, 2.45) is 0 Å². The molecule has 1 amide bonds. The van der Waals surface area contributed by atoms with Gasteiger partial charge in [0.2, 0.25) is 0 Å². The van der Waals surface area contributed by atoms with Crippen LogP contribution < -0.4 is 16.4 Å². The minimum Gasteiger partial charge on any atom is -0.511 e. The van der Waals surface area contributed by atoms with E-state index >= 15 is 0 Å². The van der Waals surface area contributed by atoms with Crippen molar-refractivity contribution in [3.05, 3.63) is 84.2 Å². The number of nitrogen functional groups attached to an aromatic ring is 1. The molecule has 0 saturated heterocycles. The number of aryl methyl sites for hydroxylation is 1. The van der Waals surface area contributed by atoms with Gasteiger partial charge in [0.1, 0.15) is 17.4 Å². The minimum atomic E-state index is -0.459. The average Bonchev–Trinajstić information content (AvgIpc) is 2.73. The maximum Gasteiger partial charge on any atom is 0.255 e. The maximum atomic E-state index is 14.5. The molecule has 0 radical (unpaired) electrons. The largest absolute Gasteiger partial charge is 0.511 e. The van der Waals surface area contributed by atoms with Crippen molar-refractivity contribution in [2.45, 2.75) is 13.8 Å². The molecule has 32 heavy (non-hydrogen) atoms. The second-order valence-electron chi connectivity index (χ2n) is 7.37. The number of halogens is 1. The van der Waals surface area contributed by atoms with E-state index in [4.69, 9.17) is 5.73 Å². The molecule has 3 aromatic rings. The molecule has 0 aliphatic carbocycles. The summed E-state index contributed by atoms with van der Waals surface area (Å²) in [6, 6.07) is 8.02. The van der Waals surface area contributed by atoms with E-state index in [1.165, 1.54) is 18.5 Å². The van der Waals surface area contributed by atoms with Crippen LogP contribution >= 0.6 is 0 Å². The Kier molecular flexibility index (Phi) is 6.53. The Morgan fingerprint density at radius 1 is 1.22 bits per heavy atom. The van der Waals surface area contributed by atoms with Crippen LogP contribution in [0.4, 0.5) is 21.6 Å². The molecule has 0 atom stereocenters. The zero-order valence-corrected chi connectivity index (χ0v) is 17.9. The predicted octanol–water partition coefficient (Wildman–Crippen LogP) is 4.75. The van der Waals surface area contributed by atoms with Gasteiger partial charge in [0.15, 0.2) is 0 Å². The number of aliphatic hydroxyl groups excluding tert-OH is 1. The lowest BCUT2D eigenvalue weighted by Crippen LogP contribution is -2.26. The highest BCUT2D eigenvalue weighted by molar-refractivity contribution is 6.00. The van der Waals surface area contributed by atoms with Gasteiger partial charge < -0.3 is 21.5 Å². The quantitative estimate of drug-likeness (QED) is 0.400. The summed E-state index contributed by atoms with van der Waals surface area (Å²) >= 11 is 0. The predicted molar refractivity (Wildman–Crippen MR) is 125 cm³/mol. The number of carbonyl (C=O) groups is 1. The Labute approximate surface area is 185 Å². The van der Waals surface area contributed by atoms with E-state index in [0.29, 0.717) is 33.8 Å². The summed E-state index contributed by atoms with van der Waals surface area (Å²) in [5, 5.41) is 15.0. The van der Waals surface area contributed by atoms with Crippen LogP contribution in [0.5, 0.6) is 0 Å². The number of aromatic nitrogens is 2. The third-order valence-corrected chi connectivity index (χ3v) is 4.66. The Morgan fingerprint density at radius 2 is 1.97 bits per heavy atom. The fourth-order valence-corrected chi connectivity index (χ4v) is 3.19. The number of benzene rings is 1. The Morgan fingerprint density at radius 3 is 2.66 bits per heavy atom. The van der Waals surface area contributed by atoms with Crippen molar-refractivity contribution in [3.63, 3.8) is 0 Å². The fraction of sp³-hybridized carbons (Fsp3) is 0.125. The van der Waals surface area contributed by atoms with Gasteiger partial charge in [-0.25, -0.2) is 9.37 Å². The van der Waals surface area contributed by atoms with Gasteiger partial charge in [0.25, 0.3) is 5.91 Å². The minimum absolute atomic E-state index is 0.0941. The second kappa shape index (κ2) is 9.30. The van der Waals surface area contributed by atoms with Crippen molar-refractivity contribution in [2.75, 3.05) is 17.6 Å². The number of allylic oxidation sites excluding steroid dienone is 1. The highest BCUT2D eigenvalue weighted by Gasteiger charge is 2.18. The summed E-state index contributed by atoms with van der Waals surface area (Å²) in [5.74, 6) is -0.882. The van der Waals surface area contributed by atoms with Crippen LogP contribution in [-0.4, -0.2) is 27.5 Å². The number of nitrogens with zero attached hydrogens (tertiary/aromatic N) is 2. The number of carbonyl (C=O) groups excluding carboxylic acids is 1. The van der Waals surface area contributed by atoms with Gasteiger partial charge >= 0.3 is 0 Å². The van der Waals surface area contributed by atoms with Crippen LogP contribution in [0, 0.1) is 12.7 Å². The Hall–Kier alpha value is -4.20. The lowest BCUT2D eigenvalue weighted by Gasteiger charge is -2.18. The van der Waals surface area contributed by atoms with Gasteiger partial charge in [-0.2, -0.15) is 0 Å². The fourth-order valence-electron chi connectivity index (χ4n) is 3.19. The first-order valence-corrected chi connectivity index (χ1v) is 9.76. The number of rotatable bonds is 7. The number of amides is 1. The molecule has 0 bridgehead atoms. The van der Waals surface area contributed by atoms with E-state index in [9.17, 15) is 14.3 Å². The monoisotopic (exact) mass is 433 g/mol. The van der Waals surface area contributed by atoms with E-state index in [-0.39, 0.29) is 23.7 Å². The van der Waals surface area contributed by atoms with Gasteiger partial charge in [-0.05, 0) is 43.7 Å². The molecule has 0 aliphatic rings. The normalized spacial score (nSPS) is 10.5. The zero-order chi connectivity index (χ0) is 23.4. The summed E-state index contributed by atoms with van der Waals surface area (Å²) in [5.41, 5.74) is 10.1. The Balaban J connectivity index is 2.09. The molecule has 0 fully saturated rings. The molecule has 0 unspecified atom stereocenters. The summed E-state index contributed by atoms with van der Waals surface area (Å²) in [4.78, 5) is 21.0. The number of anilines is 3. The molecule has 0 spiro atoms. The molecule has 8 heteroatoms. The van der Waals surface area contributed by atoms with Crippen LogP contribution in [0.2, 0.25) is 0 Å². The van der Waals surface area contributed by atoms with Crippen molar-refractivity contribution in [1.29, 1.82) is 0 Å². The summed E-state index contributed by atoms with van der Waals surface area (Å²) in [7, 11) is 0. The van der Waals surface area contributed by atoms with Crippen molar-refractivity contribution in [1.82, 2.24) is 15.3 Å². The molecule has 0 aliphatic heterocycles. The third-order valence-electron chi connectivity index (χ3n) is 4.66. The summed E-state index contributed by atoms with van der Waals surface area (Å²) < 4.78 is 14.5. The zero-order valence-electron chi connectivity index (χ0n) is 17.9. The summed E-state index contributed by atoms with van der Waals surface area (Å²) in [6.07, 6.45) is 2.92. The lowest BCUT2D eigenvalue weighted by molar-refractivity contribution is 0.0953. The van der Waals surface area contributed by atoms with Gasteiger partial charge in [0.05, 0.1) is 29.2 Å². The van der Waals surface area contributed by atoms with Crippen LogP contribution in [0.3, 0.4) is 0 Å². The van der Waals surface area contributed by atoms with Crippen molar-refractivity contribution >= 4 is 28.7 Å². The van der Waals surface area contributed by atoms with Crippen LogP contribution in [0.25, 0.3) is 16.8 Å². The van der Waals surface area contributed by atoms with Crippen LogP contribution in [0.15, 0.2) is 61.6 Å². The van der Waals surface area contributed by atoms with E-state index in [0.717, 1.165) is 5.56 Å². The number of aliphatic hydroxyl groups is 1. The Bertz CT molecular complexity index is 1220. The van der Waals surface area contributed by atoms with Crippen LogP contribution in [-0.2, 0) is 0 Å². The number of hydrogen-bond donors (Lipinski definition) is 4. The lowest BCUT2D eigenvalue weighted by atomic mass is 10.0. The molecule has 1 aromatic carbocycles. The van der Waals surface area contributed by atoms with Gasteiger partial charge in [-0.3, -0.25) is 9.78 Å². The third kappa shape index (κ3) is 4.92. The first kappa shape index (κ1) is 22.5. The number of pyridine rings is 2. The van der Waals surface area contributed by atoms with E-state index in [1.807, 2.05) is 6.92 Å². The highest BCUT2D eigenvalue weighted by atomic mass is 19.1. The van der Waals surface area contributed by atoms with Gasteiger partial charge in [-0.15, -0.1) is 0 Å². The molecule has 2 aromatic heterocycles. The number of nitrogens with one attached hydrogen (secondary N) is 2. The molecule has 3 rings (SSSR count). The van der Waals surface area contributed by atoms with Crippen LogP contribution in [0.1, 0.15) is 28.4 Å². The standard InChI is InChI=1S/C24H24FN5O2/c1-13(2)22-21(10-20(30-23(22)26)16-9-14(3)5-6-18(16)25)29-19-7-8-27-12-17(19)24(32)28-11-15(4)31/h5-10,12,31H,1,4,11H2,2-3H3,(H,28,32)(H3,26,27,29,30). The van der Waals surface area contributed by atoms with E-state index in [1.54, 1.807) is 31.2 Å². The molecular weight excluding hydrogens is 409 g/mol. The highest BCUT2D eigenvalue weighted by Crippen LogP contribution is 2.35. The first-order valence-electron chi connectivity index (χ1n) is 9.76. The molecule has 5 N–H and O–H groups in total. The van der Waals surface area contributed by atoms with Crippen molar-refractivity contribution in [3.8, 4) is 11.3 Å². The molecule has 0 saturated carbocycles. The SMILES string of the molecule is C=C(O)CNC(=O)c1cnccc1Nc1cc(-c2cc(C)ccc2F)nc(N)c1C(=C)C. The second-order valence-corrected chi connectivity index (χ2v) is 7.37. The van der Waals surface area contributed by atoms with Gasteiger partial charge in [-0.1, -0.05) is 24.8 Å². The molecule has 164 valence electrons. The van der Waals surface area contributed by atoms with Crippen molar-refractivity contribution < 1.29 is 14.3 Å². The average molecular weight is 433 g/mol. The number of nitrogens with two attached hydrogens (primary N) is 1. The first-order chi connectivity index (χ1) is 15.2. The van der Waals surface area contributed by atoms with E-state index in [2.05, 4.69) is 33.8 Å². The topological polar surface area (TPSA) is 113 Å². The van der Waals surface area contributed by atoms with E-state index < -0.39 is 11.7 Å². The smallest absolute Gasteiger partial charge is 0.255 e.